The summed E-state index contributed by atoms with van der Waals surface area (Å²) < 4.78 is 0. The molecule has 0 spiro atoms. The molecule has 0 aromatic rings. The lowest BCUT2D eigenvalue weighted by atomic mass is 10.2. The average Bonchev–Trinajstić information content (AvgIpc) is 2.12. The van der Waals surface area contributed by atoms with Crippen LogP contribution in [0, 0.1) is 16.7 Å². The van der Waals surface area contributed by atoms with Crippen molar-refractivity contribution in [1.29, 1.82) is 10.7 Å². The second kappa shape index (κ2) is 5.37. The molecule has 0 bridgehead atoms. The van der Waals surface area contributed by atoms with E-state index in [4.69, 9.17) is 26.6 Å². The highest BCUT2D eigenvalue weighted by molar-refractivity contribution is 6.01. The molecule has 0 radical (unpaired) electrons. The molecule has 5 N–H and O–H groups in total. The summed E-state index contributed by atoms with van der Waals surface area (Å²) in [5.41, 5.74) is 4.88. The van der Waals surface area contributed by atoms with Crippen molar-refractivity contribution in [3.05, 3.63) is 0 Å². The van der Waals surface area contributed by atoms with Gasteiger partial charge in [-0.1, -0.05) is 0 Å². The fourth-order valence-electron chi connectivity index (χ4n) is 0.476. The SMILES string of the molecule is N#CC(O)C(CO)=NC(=N)CN. The van der Waals surface area contributed by atoms with Crippen LogP contribution in [0.25, 0.3) is 0 Å². The van der Waals surface area contributed by atoms with Crippen LogP contribution in [0.1, 0.15) is 0 Å². The molecule has 0 aliphatic heterocycles. The lowest BCUT2D eigenvalue weighted by Crippen LogP contribution is -2.25. The topological polar surface area (TPSA) is 126 Å². The number of nitrogens with zero attached hydrogens (tertiary/aromatic N) is 2. The molecule has 0 saturated carbocycles. The molecule has 0 aliphatic rings. The first-order valence-corrected chi connectivity index (χ1v) is 3.19. The van der Waals surface area contributed by atoms with Crippen LogP contribution < -0.4 is 5.73 Å². The van der Waals surface area contributed by atoms with Gasteiger partial charge >= 0.3 is 0 Å². The minimum atomic E-state index is -1.47. The Morgan fingerprint density at radius 2 is 2.33 bits per heavy atom. The molecular weight excluding hydrogens is 160 g/mol. The number of nitriles is 1. The predicted octanol–water partition coefficient (Wildman–Crippen LogP) is -1.76. The molecule has 12 heavy (non-hydrogen) atoms. The van der Waals surface area contributed by atoms with Crippen molar-refractivity contribution < 1.29 is 10.2 Å². The molecule has 0 amide bonds. The van der Waals surface area contributed by atoms with Crippen molar-refractivity contribution in [2.24, 2.45) is 10.7 Å². The van der Waals surface area contributed by atoms with Gasteiger partial charge in [-0.25, -0.2) is 4.99 Å². The van der Waals surface area contributed by atoms with Gasteiger partial charge in [0.05, 0.1) is 18.9 Å². The summed E-state index contributed by atoms with van der Waals surface area (Å²) in [5, 5.41) is 32.7. The van der Waals surface area contributed by atoms with Crippen molar-refractivity contribution in [2.75, 3.05) is 13.2 Å². The van der Waals surface area contributed by atoms with Gasteiger partial charge in [0.15, 0.2) is 6.10 Å². The number of hydrogen-bond acceptors (Lipinski definition) is 5. The minimum Gasteiger partial charge on any atom is -0.390 e. The van der Waals surface area contributed by atoms with Gasteiger partial charge in [-0.05, 0) is 0 Å². The second-order valence-corrected chi connectivity index (χ2v) is 1.94. The molecule has 0 saturated heterocycles. The number of aliphatic hydroxyl groups excluding tert-OH is 2. The van der Waals surface area contributed by atoms with Gasteiger partial charge in [-0.15, -0.1) is 0 Å². The number of amidine groups is 1. The lowest BCUT2D eigenvalue weighted by Gasteiger charge is -2.02. The molecule has 6 nitrogen and oxygen atoms in total. The Morgan fingerprint density at radius 3 is 2.67 bits per heavy atom. The normalized spacial score (nSPS) is 13.7. The van der Waals surface area contributed by atoms with Crippen LogP contribution in [0.15, 0.2) is 4.99 Å². The first kappa shape index (κ1) is 10.7. The van der Waals surface area contributed by atoms with Gasteiger partial charge in [-0.2, -0.15) is 5.26 Å². The monoisotopic (exact) mass is 170 g/mol. The number of hydrogen-bond donors (Lipinski definition) is 4. The number of nitrogens with two attached hydrogens (primary N) is 1. The first-order chi connectivity index (χ1) is 5.65. The van der Waals surface area contributed by atoms with Gasteiger partial charge in [0, 0.05) is 0 Å². The number of aliphatic imine (C=N–C) groups is 1. The van der Waals surface area contributed by atoms with Crippen molar-refractivity contribution in [1.82, 2.24) is 0 Å². The third-order valence-corrected chi connectivity index (χ3v) is 1.07. The molecule has 1 atom stereocenters. The molecule has 0 fully saturated rings. The standard InChI is InChI=1S/C6H10N4O2/c7-1-5(12)4(3-11)10-6(9)2-8/h5,9,11-12H,2-3,8H2. The van der Waals surface area contributed by atoms with Crippen molar-refractivity contribution in [3.63, 3.8) is 0 Å². The Morgan fingerprint density at radius 1 is 1.75 bits per heavy atom. The molecule has 0 aromatic carbocycles. The maximum absolute atomic E-state index is 8.87. The molecule has 0 heterocycles. The maximum atomic E-state index is 8.87. The summed E-state index contributed by atoms with van der Waals surface area (Å²) in [4.78, 5) is 3.44. The summed E-state index contributed by atoms with van der Waals surface area (Å²) >= 11 is 0. The van der Waals surface area contributed by atoms with E-state index in [1.54, 1.807) is 0 Å². The van der Waals surface area contributed by atoms with E-state index in [2.05, 4.69) is 4.99 Å². The van der Waals surface area contributed by atoms with Crippen LogP contribution in [0.3, 0.4) is 0 Å². The summed E-state index contributed by atoms with van der Waals surface area (Å²) in [7, 11) is 0. The lowest BCUT2D eigenvalue weighted by molar-refractivity contribution is 0.275. The van der Waals surface area contributed by atoms with E-state index < -0.39 is 12.7 Å². The quantitative estimate of drug-likeness (QED) is 0.227. The Bertz CT molecular complexity index is 230. The van der Waals surface area contributed by atoms with Crippen LogP contribution in [0.5, 0.6) is 0 Å². The highest BCUT2D eigenvalue weighted by Crippen LogP contribution is 1.88. The largest absolute Gasteiger partial charge is 0.390 e. The third kappa shape index (κ3) is 3.21. The molecule has 6 heteroatoms. The van der Waals surface area contributed by atoms with Gasteiger partial charge in [0.25, 0.3) is 0 Å². The predicted molar refractivity (Wildman–Crippen MR) is 42.9 cm³/mol. The van der Waals surface area contributed by atoms with Gasteiger partial charge in [0.1, 0.15) is 11.9 Å². The number of aliphatic hydroxyl groups is 2. The van der Waals surface area contributed by atoms with E-state index >= 15 is 0 Å². The van der Waals surface area contributed by atoms with Crippen LogP contribution in [-0.2, 0) is 0 Å². The molecule has 0 aliphatic carbocycles. The van der Waals surface area contributed by atoms with E-state index in [9.17, 15) is 0 Å². The van der Waals surface area contributed by atoms with E-state index in [1.807, 2.05) is 0 Å². The zero-order valence-electron chi connectivity index (χ0n) is 6.36. The van der Waals surface area contributed by atoms with Crippen molar-refractivity contribution in [2.45, 2.75) is 6.10 Å². The maximum Gasteiger partial charge on any atom is 0.181 e. The zero-order valence-corrected chi connectivity index (χ0v) is 6.36. The van der Waals surface area contributed by atoms with Gasteiger partial charge in [-0.3, -0.25) is 5.41 Å². The average molecular weight is 170 g/mol. The third-order valence-electron chi connectivity index (χ3n) is 1.07. The second-order valence-electron chi connectivity index (χ2n) is 1.94. The Labute approximate surface area is 69.5 Å². The van der Waals surface area contributed by atoms with Gasteiger partial charge < -0.3 is 15.9 Å². The van der Waals surface area contributed by atoms with E-state index in [-0.39, 0.29) is 18.1 Å². The number of rotatable bonds is 3. The smallest absolute Gasteiger partial charge is 0.181 e. The fourth-order valence-corrected chi connectivity index (χ4v) is 0.476. The minimum absolute atomic E-state index is 0.0956. The molecular formula is C6H10N4O2. The Hall–Kier alpha value is -1.29. The Kier molecular flexibility index (Phi) is 4.79. The van der Waals surface area contributed by atoms with E-state index in [0.717, 1.165) is 0 Å². The first-order valence-electron chi connectivity index (χ1n) is 3.19. The molecule has 1 unspecified atom stereocenters. The summed E-state index contributed by atoms with van der Waals surface area (Å²) in [6.45, 7) is -0.654. The van der Waals surface area contributed by atoms with E-state index in [1.165, 1.54) is 6.07 Å². The summed E-state index contributed by atoms with van der Waals surface area (Å²) in [6.07, 6.45) is -1.47. The summed E-state index contributed by atoms with van der Waals surface area (Å²) in [6, 6.07) is 1.47. The molecule has 66 valence electrons. The highest BCUT2D eigenvalue weighted by atomic mass is 16.3. The highest BCUT2D eigenvalue weighted by Gasteiger charge is 2.10. The van der Waals surface area contributed by atoms with E-state index in [0.29, 0.717) is 0 Å². The summed E-state index contributed by atoms with van der Waals surface area (Å²) in [5.74, 6) is -0.187. The van der Waals surface area contributed by atoms with Crippen LogP contribution >= 0.6 is 0 Å². The fraction of sp³-hybridized carbons (Fsp3) is 0.500. The molecule has 0 aromatic heterocycles. The van der Waals surface area contributed by atoms with Crippen LogP contribution in [0.2, 0.25) is 0 Å². The van der Waals surface area contributed by atoms with Crippen LogP contribution in [0.4, 0.5) is 0 Å². The van der Waals surface area contributed by atoms with Gasteiger partial charge in [0.2, 0.25) is 0 Å². The molecule has 0 rings (SSSR count). The zero-order chi connectivity index (χ0) is 9.56. The van der Waals surface area contributed by atoms with Crippen LogP contribution in [-0.4, -0.2) is 41.0 Å². The number of nitrogens with one attached hydrogen (secondary N) is 1. The Balaban J connectivity index is 4.45. The van der Waals surface area contributed by atoms with Crippen molar-refractivity contribution >= 4 is 11.5 Å². The van der Waals surface area contributed by atoms with Crippen molar-refractivity contribution in [3.8, 4) is 6.07 Å².